The minimum absolute atomic E-state index is 0.0761. The summed E-state index contributed by atoms with van der Waals surface area (Å²) in [6, 6.07) is 3.84. The molecule has 1 aliphatic carbocycles. The minimum Gasteiger partial charge on any atom is -0.323 e. The summed E-state index contributed by atoms with van der Waals surface area (Å²) in [5.74, 6) is 1.11. The third-order valence-electron chi connectivity index (χ3n) is 5.44. The highest BCUT2D eigenvalue weighted by atomic mass is 35.5. The molecule has 2 fully saturated rings. The van der Waals surface area contributed by atoms with Gasteiger partial charge < -0.3 is 5.32 Å². The van der Waals surface area contributed by atoms with Crippen LogP contribution in [0.15, 0.2) is 18.2 Å². The molecular weight excluding hydrogens is 315 g/mol. The molecule has 1 saturated heterocycles. The molecule has 0 unspecified atom stereocenters. The number of amides is 1. The summed E-state index contributed by atoms with van der Waals surface area (Å²) >= 11 is 5.99. The first-order valence-corrected chi connectivity index (χ1v) is 8.92. The van der Waals surface area contributed by atoms with Crippen LogP contribution in [0.1, 0.15) is 39.0 Å². The van der Waals surface area contributed by atoms with E-state index in [1.54, 1.807) is 0 Å². The molecule has 1 N–H and O–H groups in total. The maximum absolute atomic E-state index is 13.1. The Morgan fingerprint density at radius 1 is 1.30 bits per heavy atom. The van der Waals surface area contributed by atoms with Crippen LogP contribution >= 0.6 is 11.6 Å². The number of nitrogens with one attached hydrogen (secondary N) is 1. The van der Waals surface area contributed by atoms with Gasteiger partial charge in [-0.05, 0) is 56.3 Å². The normalized spacial score (nSPS) is 26.4. The van der Waals surface area contributed by atoms with Crippen LogP contribution in [0.25, 0.3) is 0 Å². The second kappa shape index (κ2) is 7.18. The summed E-state index contributed by atoms with van der Waals surface area (Å²) in [6.07, 6.45) is 6.52. The molecule has 5 heteroatoms. The minimum atomic E-state index is -0.402. The number of carbonyl (C=O) groups is 1. The van der Waals surface area contributed by atoms with Gasteiger partial charge in [-0.3, -0.25) is 9.69 Å². The number of hydrogen-bond acceptors (Lipinski definition) is 2. The van der Waals surface area contributed by atoms with Crippen molar-refractivity contribution >= 4 is 23.2 Å². The first kappa shape index (κ1) is 16.7. The molecule has 1 amide bonds. The van der Waals surface area contributed by atoms with Crippen molar-refractivity contribution in [1.29, 1.82) is 0 Å². The van der Waals surface area contributed by atoms with E-state index in [9.17, 15) is 9.18 Å². The second-order valence-electron chi connectivity index (χ2n) is 6.88. The molecule has 0 bridgehead atoms. The molecule has 3 nitrogen and oxygen atoms in total. The van der Waals surface area contributed by atoms with Crippen molar-refractivity contribution in [1.82, 2.24) is 4.90 Å². The number of benzene rings is 1. The van der Waals surface area contributed by atoms with Crippen molar-refractivity contribution in [2.24, 2.45) is 11.8 Å². The summed E-state index contributed by atoms with van der Waals surface area (Å²) in [5.41, 5.74) is 0.470. The van der Waals surface area contributed by atoms with E-state index < -0.39 is 5.82 Å². The van der Waals surface area contributed by atoms with Gasteiger partial charge in [0.25, 0.3) is 0 Å². The van der Waals surface area contributed by atoms with Crippen molar-refractivity contribution in [2.45, 2.75) is 45.1 Å². The van der Waals surface area contributed by atoms with Crippen LogP contribution in [0.3, 0.4) is 0 Å². The van der Waals surface area contributed by atoms with E-state index in [-0.39, 0.29) is 17.0 Å². The van der Waals surface area contributed by atoms with Crippen molar-refractivity contribution in [3.63, 3.8) is 0 Å². The number of halogens is 2. The fourth-order valence-electron chi connectivity index (χ4n) is 3.97. The average molecular weight is 339 g/mol. The van der Waals surface area contributed by atoms with Gasteiger partial charge in [0.1, 0.15) is 5.82 Å². The fraction of sp³-hybridized carbons (Fsp3) is 0.611. The zero-order chi connectivity index (χ0) is 16.4. The van der Waals surface area contributed by atoms with Crippen LogP contribution in [0.2, 0.25) is 5.02 Å². The summed E-state index contributed by atoms with van der Waals surface area (Å²) in [6.45, 7) is 3.93. The van der Waals surface area contributed by atoms with Crippen molar-refractivity contribution in [3.8, 4) is 0 Å². The van der Waals surface area contributed by atoms with E-state index in [0.717, 1.165) is 24.9 Å². The third kappa shape index (κ3) is 3.86. The van der Waals surface area contributed by atoms with E-state index in [1.165, 1.54) is 50.3 Å². The standard InChI is InChI=1S/C18H24ClFN2O/c1-12(18(23)21-17-7-6-15(20)10-16(17)19)22-9-8-13-4-2-3-5-14(13)11-22/h6-7,10,12-14H,2-5,8-9,11H2,1H3,(H,21,23)/t12-,13+,14-/m1/s1. The van der Waals surface area contributed by atoms with Crippen molar-refractivity contribution in [2.75, 3.05) is 18.4 Å². The third-order valence-corrected chi connectivity index (χ3v) is 5.75. The Kier molecular flexibility index (Phi) is 5.22. The predicted molar refractivity (Wildman–Crippen MR) is 91.1 cm³/mol. The topological polar surface area (TPSA) is 32.3 Å². The van der Waals surface area contributed by atoms with Crippen molar-refractivity contribution < 1.29 is 9.18 Å². The maximum atomic E-state index is 13.1. The van der Waals surface area contributed by atoms with E-state index in [1.807, 2.05) is 6.92 Å². The Morgan fingerprint density at radius 3 is 2.78 bits per heavy atom. The van der Waals surface area contributed by atoms with Gasteiger partial charge in [-0.1, -0.05) is 30.9 Å². The van der Waals surface area contributed by atoms with E-state index in [0.29, 0.717) is 5.69 Å². The SMILES string of the molecule is C[C@H](C(=O)Nc1ccc(F)cc1Cl)N1CC[C@@H]2CCCC[C@@H]2C1. The molecule has 126 valence electrons. The monoisotopic (exact) mass is 338 g/mol. The molecule has 1 heterocycles. The summed E-state index contributed by atoms with van der Waals surface area (Å²) in [5, 5.41) is 3.06. The largest absolute Gasteiger partial charge is 0.323 e. The van der Waals surface area contributed by atoms with Gasteiger partial charge >= 0.3 is 0 Å². The van der Waals surface area contributed by atoms with E-state index in [4.69, 9.17) is 11.6 Å². The van der Waals surface area contributed by atoms with Gasteiger partial charge in [-0.25, -0.2) is 4.39 Å². The lowest BCUT2D eigenvalue weighted by Crippen LogP contribution is -2.49. The highest BCUT2D eigenvalue weighted by molar-refractivity contribution is 6.33. The number of fused-ring (bicyclic) bond motifs is 1. The zero-order valence-electron chi connectivity index (χ0n) is 13.5. The number of piperidine rings is 1. The maximum Gasteiger partial charge on any atom is 0.241 e. The van der Waals surface area contributed by atoms with Gasteiger partial charge in [-0.2, -0.15) is 0 Å². The van der Waals surface area contributed by atoms with Crippen LogP contribution in [0.5, 0.6) is 0 Å². The fourth-order valence-corrected chi connectivity index (χ4v) is 4.19. The first-order chi connectivity index (χ1) is 11.0. The molecular formula is C18H24ClFN2O. The Morgan fingerprint density at radius 2 is 2.04 bits per heavy atom. The molecule has 23 heavy (non-hydrogen) atoms. The van der Waals surface area contributed by atoms with Crippen molar-refractivity contribution in [3.05, 3.63) is 29.0 Å². The Balaban J connectivity index is 1.61. The van der Waals surface area contributed by atoms with Crippen LogP contribution < -0.4 is 5.32 Å². The zero-order valence-corrected chi connectivity index (χ0v) is 14.3. The van der Waals surface area contributed by atoms with E-state index in [2.05, 4.69) is 10.2 Å². The van der Waals surface area contributed by atoms with Crippen LogP contribution in [0, 0.1) is 17.7 Å². The molecule has 0 spiro atoms. The van der Waals surface area contributed by atoms with E-state index >= 15 is 0 Å². The van der Waals surface area contributed by atoms with Crippen LogP contribution in [-0.4, -0.2) is 29.9 Å². The number of hydrogen-bond donors (Lipinski definition) is 1. The molecule has 1 aliphatic heterocycles. The van der Waals surface area contributed by atoms with Crippen LogP contribution in [-0.2, 0) is 4.79 Å². The molecule has 1 aromatic rings. The number of nitrogens with zero attached hydrogens (tertiary/aromatic N) is 1. The molecule has 3 rings (SSSR count). The first-order valence-electron chi connectivity index (χ1n) is 8.54. The Bertz CT molecular complexity index is 580. The Labute approximate surface area is 142 Å². The van der Waals surface area contributed by atoms with Gasteiger partial charge in [0.05, 0.1) is 16.8 Å². The lowest BCUT2D eigenvalue weighted by molar-refractivity contribution is -0.122. The summed E-state index contributed by atoms with van der Waals surface area (Å²) in [7, 11) is 0. The van der Waals surface area contributed by atoms with Gasteiger partial charge in [0.15, 0.2) is 0 Å². The lowest BCUT2D eigenvalue weighted by Gasteiger charge is -2.43. The second-order valence-corrected chi connectivity index (χ2v) is 7.28. The summed E-state index contributed by atoms with van der Waals surface area (Å²) < 4.78 is 13.1. The molecule has 3 atom stereocenters. The number of carbonyl (C=O) groups excluding carboxylic acids is 1. The Hall–Kier alpha value is -1.13. The molecule has 0 aromatic heterocycles. The smallest absolute Gasteiger partial charge is 0.241 e. The quantitative estimate of drug-likeness (QED) is 0.890. The summed E-state index contributed by atoms with van der Waals surface area (Å²) in [4.78, 5) is 14.8. The average Bonchev–Trinajstić information content (AvgIpc) is 2.56. The lowest BCUT2D eigenvalue weighted by atomic mass is 9.75. The van der Waals surface area contributed by atoms with Crippen LogP contribution in [0.4, 0.5) is 10.1 Å². The molecule has 2 aliphatic rings. The number of anilines is 1. The predicted octanol–water partition coefficient (Wildman–Crippen LogP) is 4.32. The molecule has 1 saturated carbocycles. The van der Waals surface area contributed by atoms with Gasteiger partial charge in [-0.15, -0.1) is 0 Å². The molecule has 1 aromatic carbocycles. The molecule has 0 radical (unpaired) electrons. The van der Waals surface area contributed by atoms with Gasteiger partial charge in [0.2, 0.25) is 5.91 Å². The number of likely N-dealkylation sites (tertiary alicyclic amines) is 1. The van der Waals surface area contributed by atoms with Gasteiger partial charge in [0, 0.05) is 6.54 Å². The highest BCUT2D eigenvalue weighted by Crippen LogP contribution is 2.36. The highest BCUT2D eigenvalue weighted by Gasteiger charge is 2.34. The number of rotatable bonds is 3.